The Morgan fingerprint density at radius 3 is 2.39 bits per heavy atom. The van der Waals surface area contributed by atoms with Crippen LogP contribution >= 0.6 is 0 Å². The topological polar surface area (TPSA) is 76.6 Å². The first kappa shape index (κ1) is 18.6. The third-order valence-corrected chi connectivity index (χ3v) is 4.82. The van der Waals surface area contributed by atoms with E-state index in [1.165, 1.54) is 12.4 Å². The second kappa shape index (κ2) is 7.36. The van der Waals surface area contributed by atoms with Crippen LogP contribution < -0.4 is 10.2 Å². The van der Waals surface area contributed by atoms with Crippen molar-refractivity contribution in [1.82, 2.24) is 9.97 Å². The molecule has 2 aromatic rings. The van der Waals surface area contributed by atoms with Crippen LogP contribution in [0.1, 0.15) is 23.3 Å². The summed E-state index contributed by atoms with van der Waals surface area (Å²) in [6.45, 7) is 2.53. The van der Waals surface area contributed by atoms with Crippen LogP contribution in [0.4, 0.5) is 24.7 Å². The zero-order valence-electron chi connectivity index (χ0n) is 14.8. The van der Waals surface area contributed by atoms with Crippen molar-refractivity contribution in [2.24, 2.45) is 0 Å². The number of ether oxygens (including phenoxy) is 2. The Balaban J connectivity index is 1.40. The van der Waals surface area contributed by atoms with Crippen molar-refractivity contribution in [3.05, 3.63) is 47.7 Å². The van der Waals surface area contributed by atoms with E-state index in [0.29, 0.717) is 45.0 Å². The number of anilines is 2. The zero-order valence-corrected chi connectivity index (χ0v) is 14.8. The molecule has 1 amide bonds. The number of amides is 1. The Bertz CT molecular complexity index is 878. The minimum atomic E-state index is -1.66. The molecule has 1 aromatic carbocycles. The number of rotatable bonds is 3. The maximum atomic E-state index is 13.7. The molecule has 0 bridgehead atoms. The Morgan fingerprint density at radius 2 is 1.75 bits per heavy atom. The molecule has 1 aromatic heterocycles. The summed E-state index contributed by atoms with van der Waals surface area (Å²) in [6.07, 6.45) is 4.08. The van der Waals surface area contributed by atoms with Crippen molar-refractivity contribution in [2.75, 3.05) is 36.5 Å². The highest BCUT2D eigenvalue weighted by molar-refractivity contribution is 6.02. The van der Waals surface area contributed by atoms with Gasteiger partial charge in [-0.05, 0) is 12.1 Å². The number of benzene rings is 1. The maximum absolute atomic E-state index is 13.7. The summed E-state index contributed by atoms with van der Waals surface area (Å²) in [5.74, 6) is -5.17. The highest BCUT2D eigenvalue weighted by atomic mass is 19.2. The molecule has 7 nitrogen and oxygen atoms in total. The summed E-state index contributed by atoms with van der Waals surface area (Å²) in [5, 5.41) is 2.16. The third-order valence-electron chi connectivity index (χ3n) is 4.82. The summed E-state index contributed by atoms with van der Waals surface area (Å²) < 4.78 is 51.3. The lowest BCUT2D eigenvalue weighted by atomic mass is 10.0. The zero-order chi connectivity index (χ0) is 19.7. The second-order valence-electron chi connectivity index (χ2n) is 6.53. The van der Waals surface area contributed by atoms with Crippen LogP contribution in [-0.2, 0) is 9.47 Å². The molecule has 0 radical (unpaired) electrons. The SMILES string of the molecule is O=C(Nc1ccc(F)c(F)c1F)c1cnc(N2CCC3(CC2)OCCO3)cn1. The van der Waals surface area contributed by atoms with Crippen LogP contribution in [0.3, 0.4) is 0 Å². The van der Waals surface area contributed by atoms with E-state index >= 15 is 0 Å². The van der Waals surface area contributed by atoms with Crippen LogP contribution in [0, 0.1) is 17.5 Å². The Morgan fingerprint density at radius 1 is 1.04 bits per heavy atom. The van der Waals surface area contributed by atoms with Crippen LogP contribution in [0.25, 0.3) is 0 Å². The van der Waals surface area contributed by atoms with E-state index < -0.39 is 34.8 Å². The molecule has 0 saturated carbocycles. The van der Waals surface area contributed by atoms with Crippen LogP contribution in [0.15, 0.2) is 24.5 Å². The number of hydrogen-bond acceptors (Lipinski definition) is 6. The molecule has 148 valence electrons. The van der Waals surface area contributed by atoms with Gasteiger partial charge in [-0.25, -0.2) is 23.1 Å². The molecule has 0 unspecified atom stereocenters. The number of carbonyl (C=O) groups is 1. The molecule has 2 aliphatic rings. The number of nitrogens with zero attached hydrogens (tertiary/aromatic N) is 3. The van der Waals surface area contributed by atoms with Gasteiger partial charge in [0.15, 0.2) is 23.2 Å². The first-order valence-electron chi connectivity index (χ1n) is 8.77. The number of aromatic nitrogens is 2. The molecule has 10 heteroatoms. The maximum Gasteiger partial charge on any atom is 0.275 e. The molecule has 0 aliphatic carbocycles. The summed E-state index contributed by atoms with van der Waals surface area (Å²) in [5.41, 5.74) is -0.559. The molecule has 1 spiro atoms. The molecule has 3 heterocycles. The van der Waals surface area contributed by atoms with Crippen molar-refractivity contribution >= 4 is 17.4 Å². The van der Waals surface area contributed by atoms with E-state index in [-0.39, 0.29) is 5.69 Å². The quantitative estimate of drug-likeness (QED) is 0.807. The van der Waals surface area contributed by atoms with Crippen molar-refractivity contribution in [3.63, 3.8) is 0 Å². The van der Waals surface area contributed by atoms with Gasteiger partial charge in [-0.3, -0.25) is 4.79 Å². The summed E-state index contributed by atoms with van der Waals surface area (Å²) in [7, 11) is 0. The van der Waals surface area contributed by atoms with E-state index in [0.717, 1.165) is 12.1 Å². The van der Waals surface area contributed by atoms with E-state index in [2.05, 4.69) is 15.3 Å². The van der Waals surface area contributed by atoms with Crippen molar-refractivity contribution in [2.45, 2.75) is 18.6 Å². The van der Waals surface area contributed by atoms with Gasteiger partial charge in [-0.15, -0.1) is 0 Å². The fourth-order valence-corrected chi connectivity index (χ4v) is 3.27. The van der Waals surface area contributed by atoms with Crippen LogP contribution in [-0.4, -0.2) is 48.0 Å². The van der Waals surface area contributed by atoms with E-state index in [4.69, 9.17) is 9.47 Å². The fraction of sp³-hybridized carbons (Fsp3) is 0.389. The number of nitrogens with one attached hydrogen (secondary N) is 1. The van der Waals surface area contributed by atoms with Gasteiger partial charge in [-0.2, -0.15) is 0 Å². The molecule has 2 saturated heterocycles. The largest absolute Gasteiger partial charge is 0.355 e. The highest BCUT2D eigenvalue weighted by Gasteiger charge is 2.40. The average Bonchev–Trinajstić information content (AvgIpc) is 3.17. The summed E-state index contributed by atoms with van der Waals surface area (Å²) in [4.78, 5) is 22.4. The lowest BCUT2D eigenvalue weighted by Crippen LogP contribution is -2.45. The minimum Gasteiger partial charge on any atom is -0.355 e. The van der Waals surface area contributed by atoms with Gasteiger partial charge in [0.25, 0.3) is 5.91 Å². The summed E-state index contributed by atoms with van der Waals surface area (Å²) >= 11 is 0. The van der Waals surface area contributed by atoms with Gasteiger partial charge in [-0.1, -0.05) is 0 Å². The average molecular weight is 394 g/mol. The number of piperidine rings is 1. The Hall–Kier alpha value is -2.72. The van der Waals surface area contributed by atoms with Crippen LogP contribution in [0.2, 0.25) is 0 Å². The molecule has 0 atom stereocenters. The smallest absolute Gasteiger partial charge is 0.275 e. The van der Waals surface area contributed by atoms with E-state index in [1.54, 1.807) is 0 Å². The Labute approximate surface area is 158 Å². The van der Waals surface area contributed by atoms with Gasteiger partial charge in [0.2, 0.25) is 0 Å². The second-order valence-corrected chi connectivity index (χ2v) is 6.53. The standard InChI is InChI=1S/C18H17F3N4O3/c19-11-1-2-12(16(21)15(11)20)24-17(26)13-9-23-14(10-22-13)25-5-3-18(4-6-25)27-7-8-28-18/h1-2,9-10H,3-8H2,(H,24,26). The van der Waals surface area contributed by atoms with Crippen LogP contribution in [0.5, 0.6) is 0 Å². The molecule has 2 aliphatic heterocycles. The number of carbonyl (C=O) groups excluding carboxylic acids is 1. The van der Waals surface area contributed by atoms with Gasteiger partial charge in [0.1, 0.15) is 11.5 Å². The lowest BCUT2D eigenvalue weighted by molar-refractivity contribution is -0.169. The van der Waals surface area contributed by atoms with Gasteiger partial charge in [0, 0.05) is 25.9 Å². The molecule has 2 fully saturated rings. The number of hydrogen-bond donors (Lipinski definition) is 1. The van der Waals surface area contributed by atoms with Crippen molar-refractivity contribution in [1.29, 1.82) is 0 Å². The first-order chi connectivity index (χ1) is 13.5. The number of halogens is 3. The molecular weight excluding hydrogens is 377 g/mol. The predicted molar refractivity (Wildman–Crippen MR) is 92.4 cm³/mol. The summed E-state index contributed by atoms with van der Waals surface area (Å²) in [6, 6.07) is 1.66. The van der Waals surface area contributed by atoms with Crippen molar-refractivity contribution in [3.8, 4) is 0 Å². The fourth-order valence-electron chi connectivity index (χ4n) is 3.27. The van der Waals surface area contributed by atoms with E-state index in [1.807, 2.05) is 4.90 Å². The van der Waals surface area contributed by atoms with Crippen molar-refractivity contribution < 1.29 is 27.4 Å². The monoisotopic (exact) mass is 394 g/mol. The predicted octanol–water partition coefficient (Wildman–Crippen LogP) is 2.49. The third kappa shape index (κ3) is 3.52. The lowest BCUT2D eigenvalue weighted by Gasteiger charge is -2.37. The van der Waals surface area contributed by atoms with Gasteiger partial charge in [0.05, 0.1) is 31.3 Å². The highest BCUT2D eigenvalue weighted by Crippen LogP contribution is 2.32. The first-order valence-corrected chi connectivity index (χ1v) is 8.77. The molecule has 4 rings (SSSR count). The molecule has 28 heavy (non-hydrogen) atoms. The van der Waals surface area contributed by atoms with E-state index in [9.17, 15) is 18.0 Å². The van der Waals surface area contributed by atoms with Gasteiger partial charge >= 0.3 is 0 Å². The minimum absolute atomic E-state index is 0.0798. The van der Waals surface area contributed by atoms with Gasteiger partial charge < -0.3 is 19.7 Å². The Kier molecular flexibility index (Phi) is 4.90. The molecule has 1 N–H and O–H groups in total. The normalized spacial score (nSPS) is 18.5. The molecular formula is C18H17F3N4O3.